The number of unbranched alkanes of at least 4 members (excludes halogenated alkanes) is 22. The van der Waals surface area contributed by atoms with Crippen LogP contribution in [0.25, 0.3) is 0 Å². The summed E-state index contributed by atoms with van der Waals surface area (Å²) in [6, 6.07) is 0. The van der Waals surface area contributed by atoms with Crippen LogP contribution in [0.4, 0.5) is 0 Å². The van der Waals surface area contributed by atoms with Crippen LogP contribution in [-0.4, -0.2) is 70.0 Å². The minimum Gasteiger partial charge on any atom is -0.756 e. The van der Waals surface area contributed by atoms with E-state index in [-0.39, 0.29) is 26.1 Å². The van der Waals surface area contributed by atoms with Crippen molar-refractivity contribution in [2.75, 3.05) is 47.5 Å². The number of phosphoric acid groups is 1. The van der Waals surface area contributed by atoms with Crippen LogP contribution in [-0.2, 0) is 32.7 Å². The maximum atomic E-state index is 12.8. The van der Waals surface area contributed by atoms with Gasteiger partial charge in [0.05, 0.1) is 27.7 Å². The number of allylic oxidation sites excluding steroid dienone is 20. The second-order valence-corrected chi connectivity index (χ2v) is 23.1. The molecule has 0 bridgehead atoms. The molecule has 0 fully saturated rings. The van der Waals surface area contributed by atoms with E-state index in [0.29, 0.717) is 23.9 Å². The minimum absolute atomic E-state index is 0.0414. The van der Waals surface area contributed by atoms with Crippen LogP contribution in [0.1, 0.15) is 245 Å². The zero-order chi connectivity index (χ0) is 57.0. The normalized spacial score (nSPS) is 14.1. The zero-order valence-corrected chi connectivity index (χ0v) is 51.5. The van der Waals surface area contributed by atoms with E-state index in [9.17, 15) is 19.0 Å². The molecule has 0 saturated carbocycles. The van der Waals surface area contributed by atoms with Gasteiger partial charge in [0.1, 0.15) is 19.8 Å². The molecule has 0 heterocycles. The van der Waals surface area contributed by atoms with Gasteiger partial charge in [0.25, 0.3) is 7.82 Å². The Kier molecular flexibility index (Phi) is 55.4. The van der Waals surface area contributed by atoms with Crippen LogP contribution in [0, 0.1) is 0 Å². The Bertz CT molecular complexity index is 1730. The summed E-state index contributed by atoms with van der Waals surface area (Å²) in [5, 5.41) is 0. The van der Waals surface area contributed by atoms with Crippen molar-refractivity contribution in [1.82, 2.24) is 0 Å². The molecule has 9 nitrogen and oxygen atoms in total. The first-order valence-electron chi connectivity index (χ1n) is 31.2. The number of carbonyl (C=O) groups excluding carboxylic acids is 2. The summed E-state index contributed by atoms with van der Waals surface area (Å²) in [4.78, 5) is 37.8. The van der Waals surface area contributed by atoms with E-state index in [1.807, 2.05) is 21.1 Å². The second kappa shape index (κ2) is 58.1. The van der Waals surface area contributed by atoms with Crippen LogP contribution in [0.15, 0.2) is 122 Å². The summed E-state index contributed by atoms with van der Waals surface area (Å²) >= 11 is 0. The van der Waals surface area contributed by atoms with Crippen molar-refractivity contribution in [3.8, 4) is 0 Å². The molecule has 0 spiro atoms. The fourth-order valence-electron chi connectivity index (χ4n) is 8.24. The largest absolute Gasteiger partial charge is 0.756 e. The molecular weight excluding hydrogens is 990 g/mol. The average Bonchev–Trinajstić information content (AvgIpc) is 3.41. The summed E-state index contributed by atoms with van der Waals surface area (Å²) in [5.41, 5.74) is 0. The summed E-state index contributed by atoms with van der Waals surface area (Å²) in [6.07, 6.45) is 82.8. The number of carbonyl (C=O) groups is 2. The van der Waals surface area contributed by atoms with E-state index in [2.05, 4.69) is 135 Å². The molecule has 0 amide bonds. The average molecular weight is 1110 g/mol. The molecule has 0 saturated heterocycles. The number of hydrogen-bond acceptors (Lipinski definition) is 8. The van der Waals surface area contributed by atoms with Gasteiger partial charge < -0.3 is 27.9 Å². The highest BCUT2D eigenvalue weighted by atomic mass is 31.2. The van der Waals surface area contributed by atoms with Crippen molar-refractivity contribution < 1.29 is 42.1 Å². The fourth-order valence-corrected chi connectivity index (χ4v) is 8.97. The Morgan fingerprint density at radius 3 is 1.05 bits per heavy atom. The molecule has 0 aromatic rings. The smallest absolute Gasteiger partial charge is 0.306 e. The van der Waals surface area contributed by atoms with E-state index < -0.39 is 32.5 Å². The lowest BCUT2D eigenvalue weighted by molar-refractivity contribution is -0.870. The Morgan fingerprint density at radius 2 is 0.692 bits per heavy atom. The molecule has 0 aliphatic heterocycles. The fraction of sp³-hybridized carbons (Fsp3) is 0.676. The van der Waals surface area contributed by atoms with Crippen LogP contribution >= 0.6 is 7.82 Å². The molecule has 0 aliphatic rings. The summed E-state index contributed by atoms with van der Waals surface area (Å²) < 4.78 is 34.1. The Morgan fingerprint density at radius 1 is 0.397 bits per heavy atom. The lowest BCUT2D eigenvalue weighted by atomic mass is 10.0. The van der Waals surface area contributed by atoms with Crippen molar-refractivity contribution in [2.24, 2.45) is 0 Å². The third-order valence-corrected chi connectivity index (χ3v) is 13.9. The van der Waals surface area contributed by atoms with Gasteiger partial charge in [0.2, 0.25) is 0 Å². The van der Waals surface area contributed by atoms with E-state index in [1.54, 1.807) is 0 Å². The SMILES string of the molecule is CC/C=C\C/C=C\C/C=C\C/C=C\C/C=C\C/C=C\CCCCCCCCCCCCCCCCCCCCCCC(=O)OC(COC(=O)CCCC/C=C\C/C=C\C/C=C\C/C=C\CC)COP(=O)([O-])OCC[N+](C)(C)C. The number of quaternary nitrogens is 1. The van der Waals surface area contributed by atoms with Crippen molar-refractivity contribution in [2.45, 2.75) is 251 Å². The van der Waals surface area contributed by atoms with Gasteiger partial charge in [0.15, 0.2) is 6.10 Å². The molecule has 0 aromatic heterocycles. The number of ether oxygens (including phenoxy) is 2. The predicted molar refractivity (Wildman–Crippen MR) is 332 cm³/mol. The quantitative estimate of drug-likeness (QED) is 0.0195. The van der Waals surface area contributed by atoms with Gasteiger partial charge >= 0.3 is 11.9 Å². The van der Waals surface area contributed by atoms with Gasteiger partial charge in [-0.25, -0.2) is 0 Å². The summed E-state index contributed by atoms with van der Waals surface area (Å²) in [7, 11) is 1.14. The predicted octanol–water partition coefficient (Wildman–Crippen LogP) is 19.3. The Hall–Kier alpha value is -3.59. The van der Waals surface area contributed by atoms with Gasteiger partial charge in [-0.3, -0.25) is 14.2 Å². The first-order chi connectivity index (χ1) is 38.0. The van der Waals surface area contributed by atoms with Crippen molar-refractivity contribution in [3.63, 3.8) is 0 Å². The number of phosphoric ester groups is 1. The third-order valence-electron chi connectivity index (χ3n) is 13.0. The maximum absolute atomic E-state index is 12.8. The standard InChI is InChI=1S/C68H116NO8P/c1-6-8-10-12-14-16-18-20-22-23-24-25-26-27-28-29-30-31-32-33-34-35-36-37-38-39-40-41-42-43-44-45-47-49-51-53-55-57-59-61-68(71)77-66(65-76-78(72,73)75-63-62-69(3,4)5)64-74-67(70)60-58-56-54-52-50-48-46-21-19-17-15-13-11-9-7-2/h8-11,14-17,20-22,24-25,27-28,30-31,46,50,52,66H,6-7,12-13,18-19,23,26,29,32-45,47-49,51,53-65H2,1-5H3/b10-8-,11-9-,16-14-,17-15-,22-20-,25-24-,28-27-,31-30-,46-21-,52-50-. The second-order valence-electron chi connectivity index (χ2n) is 21.7. The molecule has 78 heavy (non-hydrogen) atoms. The monoisotopic (exact) mass is 1110 g/mol. The molecule has 10 heteroatoms. The van der Waals surface area contributed by atoms with Gasteiger partial charge in [-0.15, -0.1) is 0 Å². The Labute approximate surface area is 479 Å². The topological polar surface area (TPSA) is 111 Å². The van der Waals surface area contributed by atoms with Gasteiger partial charge in [-0.1, -0.05) is 251 Å². The highest BCUT2D eigenvalue weighted by molar-refractivity contribution is 7.45. The van der Waals surface area contributed by atoms with Crippen molar-refractivity contribution in [3.05, 3.63) is 122 Å². The van der Waals surface area contributed by atoms with Crippen LogP contribution in [0.3, 0.4) is 0 Å². The van der Waals surface area contributed by atoms with Gasteiger partial charge in [-0.2, -0.15) is 0 Å². The van der Waals surface area contributed by atoms with Gasteiger partial charge in [-0.05, 0) is 103 Å². The molecule has 2 atom stereocenters. The third kappa shape index (κ3) is 61.6. The van der Waals surface area contributed by atoms with E-state index in [4.69, 9.17) is 18.5 Å². The van der Waals surface area contributed by atoms with Crippen LogP contribution in [0.2, 0.25) is 0 Å². The molecular formula is C68H116NO8P. The first kappa shape index (κ1) is 74.4. The number of hydrogen-bond donors (Lipinski definition) is 0. The molecule has 2 unspecified atom stereocenters. The minimum atomic E-state index is -4.65. The van der Waals surface area contributed by atoms with Crippen molar-refractivity contribution in [1.29, 1.82) is 0 Å². The molecule has 0 aromatic carbocycles. The molecule has 446 valence electrons. The van der Waals surface area contributed by atoms with Crippen LogP contribution in [0.5, 0.6) is 0 Å². The van der Waals surface area contributed by atoms with E-state index >= 15 is 0 Å². The van der Waals surface area contributed by atoms with Crippen LogP contribution < -0.4 is 4.89 Å². The maximum Gasteiger partial charge on any atom is 0.306 e. The van der Waals surface area contributed by atoms with Crippen molar-refractivity contribution >= 4 is 19.8 Å². The molecule has 0 radical (unpaired) electrons. The first-order valence-corrected chi connectivity index (χ1v) is 32.7. The highest BCUT2D eigenvalue weighted by Gasteiger charge is 2.22. The molecule has 0 aliphatic carbocycles. The molecule has 0 N–H and O–H groups in total. The van der Waals surface area contributed by atoms with Gasteiger partial charge in [0, 0.05) is 12.8 Å². The van der Waals surface area contributed by atoms with E-state index in [0.717, 1.165) is 96.3 Å². The highest BCUT2D eigenvalue weighted by Crippen LogP contribution is 2.38. The zero-order valence-electron chi connectivity index (χ0n) is 50.6. The molecule has 0 rings (SSSR count). The summed E-state index contributed by atoms with van der Waals surface area (Å²) in [5.74, 6) is -0.883. The number of likely N-dealkylation sites (N-methyl/N-ethyl adjacent to an activating group) is 1. The number of esters is 2. The Balaban J connectivity index is 4.00. The number of rotatable bonds is 56. The summed E-state index contributed by atoms with van der Waals surface area (Å²) in [6.45, 7) is 3.96. The lowest BCUT2D eigenvalue weighted by Gasteiger charge is -2.28. The van der Waals surface area contributed by atoms with E-state index in [1.165, 1.54) is 109 Å². The lowest BCUT2D eigenvalue weighted by Crippen LogP contribution is -2.37. The number of nitrogens with zero attached hydrogens (tertiary/aromatic N) is 1.